The van der Waals surface area contributed by atoms with Crippen molar-refractivity contribution >= 4 is 5.71 Å². The summed E-state index contributed by atoms with van der Waals surface area (Å²) in [5, 5.41) is 13.4. The van der Waals surface area contributed by atoms with Crippen LogP contribution >= 0.6 is 0 Å². The van der Waals surface area contributed by atoms with Crippen molar-refractivity contribution in [3.05, 3.63) is 126 Å². The summed E-state index contributed by atoms with van der Waals surface area (Å²) in [5.41, 5.74) is 3.77. The number of ether oxygens (including phenoxy) is 3. The van der Waals surface area contributed by atoms with Gasteiger partial charge in [-0.25, -0.2) is 4.74 Å². The molecular weight excluding hydrogens is 426 g/mol. The van der Waals surface area contributed by atoms with E-state index in [0.29, 0.717) is 32.0 Å². The molecular formula is C29H31NO4. The highest BCUT2D eigenvalue weighted by Crippen LogP contribution is 2.26. The van der Waals surface area contributed by atoms with E-state index in [1.807, 2.05) is 91.0 Å². The van der Waals surface area contributed by atoms with E-state index in [-0.39, 0.29) is 6.61 Å². The minimum Gasteiger partial charge on any atom is -0.623 e. The van der Waals surface area contributed by atoms with E-state index >= 15 is 0 Å². The molecule has 3 atom stereocenters. The fourth-order valence-corrected chi connectivity index (χ4v) is 4.17. The van der Waals surface area contributed by atoms with Crippen LogP contribution < -0.4 is 0 Å². The highest BCUT2D eigenvalue weighted by molar-refractivity contribution is 5.87. The van der Waals surface area contributed by atoms with Gasteiger partial charge in [0.1, 0.15) is 6.61 Å². The standard InChI is InChI=1S/C29H31NO4/c1-2-12-26-28(33-20-24-15-8-4-9-16-24)29(34-21-25-17-10-5-11-18-25)27(30(26)31)22-32-19-23-13-6-3-7-14-23/h2-11,13-18,27-29H,1,12,19-22H2/t27-,28-,29-/m1/s1. The summed E-state index contributed by atoms with van der Waals surface area (Å²) in [6.07, 6.45) is 1.22. The van der Waals surface area contributed by atoms with Crippen LogP contribution in [-0.4, -0.2) is 35.3 Å². The first-order valence-electron chi connectivity index (χ1n) is 11.6. The first-order chi connectivity index (χ1) is 16.8. The Morgan fingerprint density at radius 3 is 1.76 bits per heavy atom. The Hall–Kier alpha value is -3.25. The van der Waals surface area contributed by atoms with Crippen LogP contribution in [-0.2, 0) is 34.0 Å². The van der Waals surface area contributed by atoms with Crippen molar-refractivity contribution in [2.45, 2.75) is 44.5 Å². The zero-order valence-electron chi connectivity index (χ0n) is 19.3. The molecule has 34 heavy (non-hydrogen) atoms. The molecule has 3 aromatic carbocycles. The van der Waals surface area contributed by atoms with E-state index in [0.717, 1.165) is 21.4 Å². The molecule has 1 aliphatic rings. The van der Waals surface area contributed by atoms with Crippen molar-refractivity contribution < 1.29 is 18.9 Å². The summed E-state index contributed by atoms with van der Waals surface area (Å²) >= 11 is 0. The lowest BCUT2D eigenvalue weighted by Crippen LogP contribution is -2.41. The Labute approximate surface area is 201 Å². The molecule has 3 aromatic rings. The molecule has 0 aliphatic carbocycles. The molecule has 0 saturated heterocycles. The lowest BCUT2D eigenvalue weighted by Gasteiger charge is -2.23. The average molecular weight is 458 g/mol. The van der Waals surface area contributed by atoms with E-state index in [1.165, 1.54) is 0 Å². The molecule has 0 radical (unpaired) electrons. The lowest BCUT2D eigenvalue weighted by molar-refractivity contribution is -0.508. The van der Waals surface area contributed by atoms with Crippen molar-refractivity contribution in [1.29, 1.82) is 0 Å². The summed E-state index contributed by atoms with van der Waals surface area (Å²) in [6, 6.07) is 29.3. The zero-order chi connectivity index (χ0) is 23.6. The van der Waals surface area contributed by atoms with Gasteiger partial charge < -0.3 is 19.4 Å². The van der Waals surface area contributed by atoms with Gasteiger partial charge in [-0.05, 0) is 16.7 Å². The normalized spacial score (nSPS) is 19.9. The quantitative estimate of drug-likeness (QED) is 0.211. The number of rotatable bonds is 12. The Kier molecular flexibility index (Phi) is 8.63. The van der Waals surface area contributed by atoms with Crippen LogP contribution in [0.2, 0.25) is 0 Å². The Bertz CT molecular complexity index is 1050. The third kappa shape index (κ3) is 6.20. The predicted octanol–water partition coefficient (Wildman–Crippen LogP) is 5.28. The maximum atomic E-state index is 13.4. The minimum atomic E-state index is -0.511. The van der Waals surface area contributed by atoms with Gasteiger partial charge in [0, 0.05) is 6.42 Å². The smallest absolute Gasteiger partial charge is 0.215 e. The summed E-state index contributed by atoms with van der Waals surface area (Å²) in [4.78, 5) is 0. The third-order valence-corrected chi connectivity index (χ3v) is 5.90. The number of hydroxylamine groups is 1. The molecule has 0 fully saturated rings. The van der Waals surface area contributed by atoms with Crippen LogP contribution in [0.4, 0.5) is 0 Å². The van der Waals surface area contributed by atoms with Crippen LogP contribution in [0, 0.1) is 5.21 Å². The molecule has 0 unspecified atom stereocenters. The van der Waals surface area contributed by atoms with Gasteiger partial charge in [0.2, 0.25) is 6.04 Å². The van der Waals surface area contributed by atoms with E-state index in [4.69, 9.17) is 14.2 Å². The van der Waals surface area contributed by atoms with Gasteiger partial charge >= 0.3 is 0 Å². The van der Waals surface area contributed by atoms with Gasteiger partial charge in [0.15, 0.2) is 17.9 Å². The van der Waals surface area contributed by atoms with Crippen LogP contribution in [0.3, 0.4) is 0 Å². The fourth-order valence-electron chi connectivity index (χ4n) is 4.17. The van der Waals surface area contributed by atoms with Crippen LogP contribution in [0.25, 0.3) is 0 Å². The SMILES string of the molecule is C=CCC1=[N+]([O-])[C@H](COCc2ccccc2)[C@@H](OCc2ccccc2)[C@@H]1OCc1ccccc1. The van der Waals surface area contributed by atoms with Crippen LogP contribution in [0.15, 0.2) is 104 Å². The van der Waals surface area contributed by atoms with E-state index in [9.17, 15) is 5.21 Å². The number of hydrogen-bond acceptors (Lipinski definition) is 4. The first kappa shape index (κ1) is 23.9. The van der Waals surface area contributed by atoms with E-state index < -0.39 is 18.2 Å². The molecule has 5 heteroatoms. The first-order valence-corrected chi connectivity index (χ1v) is 11.6. The van der Waals surface area contributed by atoms with E-state index in [2.05, 4.69) is 6.58 Å². The predicted molar refractivity (Wildman–Crippen MR) is 133 cm³/mol. The van der Waals surface area contributed by atoms with Gasteiger partial charge in [-0.3, -0.25) is 0 Å². The Morgan fingerprint density at radius 2 is 1.24 bits per heavy atom. The Morgan fingerprint density at radius 1 is 0.735 bits per heavy atom. The molecule has 0 bridgehead atoms. The van der Waals surface area contributed by atoms with Crippen molar-refractivity contribution in [2.24, 2.45) is 0 Å². The van der Waals surface area contributed by atoms with Crippen molar-refractivity contribution in [2.75, 3.05) is 6.61 Å². The number of benzene rings is 3. The topological polar surface area (TPSA) is 53.8 Å². The molecule has 0 aromatic heterocycles. The molecule has 0 N–H and O–H groups in total. The molecule has 176 valence electrons. The van der Waals surface area contributed by atoms with Crippen LogP contribution in [0.1, 0.15) is 23.1 Å². The highest BCUT2D eigenvalue weighted by Gasteiger charge is 2.49. The molecule has 0 saturated carbocycles. The van der Waals surface area contributed by atoms with Gasteiger partial charge in [0.25, 0.3) is 0 Å². The molecule has 1 aliphatic heterocycles. The summed E-state index contributed by atoms with van der Waals surface area (Å²) in [7, 11) is 0. The maximum absolute atomic E-state index is 13.4. The summed E-state index contributed by atoms with van der Waals surface area (Å²) in [6.45, 7) is 5.30. The zero-order valence-corrected chi connectivity index (χ0v) is 19.3. The second-order valence-electron chi connectivity index (χ2n) is 8.36. The van der Waals surface area contributed by atoms with Gasteiger partial charge in [-0.2, -0.15) is 0 Å². The second kappa shape index (κ2) is 12.3. The number of nitrogens with zero attached hydrogens (tertiary/aromatic N) is 1. The molecule has 5 nitrogen and oxygen atoms in total. The third-order valence-electron chi connectivity index (χ3n) is 5.90. The fraction of sp³-hybridized carbons (Fsp3) is 0.276. The molecule has 0 spiro atoms. The van der Waals surface area contributed by atoms with Crippen LogP contribution in [0.5, 0.6) is 0 Å². The van der Waals surface area contributed by atoms with Crippen molar-refractivity contribution in [3.63, 3.8) is 0 Å². The van der Waals surface area contributed by atoms with Gasteiger partial charge in [-0.1, -0.05) is 97.1 Å². The molecule has 1 heterocycles. The van der Waals surface area contributed by atoms with Crippen molar-refractivity contribution in [1.82, 2.24) is 0 Å². The second-order valence-corrected chi connectivity index (χ2v) is 8.36. The monoisotopic (exact) mass is 457 g/mol. The van der Waals surface area contributed by atoms with Crippen molar-refractivity contribution in [3.8, 4) is 0 Å². The average Bonchev–Trinajstić information content (AvgIpc) is 3.13. The summed E-state index contributed by atoms with van der Waals surface area (Å²) in [5.74, 6) is 0. The number of allylic oxidation sites excluding steroid dienone is 1. The largest absolute Gasteiger partial charge is 0.623 e. The highest BCUT2D eigenvalue weighted by atomic mass is 16.6. The maximum Gasteiger partial charge on any atom is 0.215 e. The molecule has 4 rings (SSSR count). The van der Waals surface area contributed by atoms with Gasteiger partial charge in [0.05, 0.1) is 19.8 Å². The summed E-state index contributed by atoms with van der Waals surface area (Å²) < 4.78 is 19.7. The Balaban J connectivity index is 1.51. The number of hydrogen-bond donors (Lipinski definition) is 0. The van der Waals surface area contributed by atoms with E-state index in [1.54, 1.807) is 6.08 Å². The molecule has 0 amide bonds. The minimum absolute atomic E-state index is 0.240. The lowest BCUT2D eigenvalue weighted by atomic mass is 10.0. The van der Waals surface area contributed by atoms with Gasteiger partial charge in [-0.15, -0.1) is 6.58 Å².